The Labute approximate surface area is 95.7 Å². The van der Waals surface area contributed by atoms with Crippen LogP contribution in [0, 0.1) is 20.8 Å². The van der Waals surface area contributed by atoms with E-state index in [0.29, 0.717) is 0 Å². The molecule has 3 heteroatoms. The average molecular weight is 216 g/mol. The van der Waals surface area contributed by atoms with E-state index in [1.807, 2.05) is 29.9 Å². The van der Waals surface area contributed by atoms with Gasteiger partial charge in [-0.3, -0.25) is 0 Å². The van der Waals surface area contributed by atoms with E-state index in [1.165, 1.54) is 11.3 Å². The highest BCUT2D eigenvalue weighted by atomic mass is 16.5. The lowest BCUT2D eigenvalue weighted by molar-refractivity contribution is 0.411. The molecule has 16 heavy (non-hydrogen) atoms. The van der Waals surface area contributed by atoms with Crippen molar-refractivity contribution in [1.29, 1.82) is 0 Å². The van der Waals surface area contributed by atoms with E-state index in [2.05, 4.69) is 25.0 Å². The Kier molecular flexibility index (Phi) is 2.69. The molecule has 0 aliphatic heterocycles. The molecule has 0 N–H and O–H groups in total. The summed E-state index contributed by atoms with van der Waals surface area (Å²) in [6, 6.07) is 6.07. The number of aryl methyl sites for hydroxylation is 2. The van der Waals surface area contributed by atoms with E-state index in [-0.39, 0.29) is 0 Å². The van der Waals surface area contributed by atoms with Crippen LogP contribution in [-0.2, 0) is 0 Å². The van der Waals surface area contributed by atoms with Gasteiger partial charge in [0.25, 0.3) is 0 Å². The third-order valence-corrected chi connectivity index (χ3v) is 2.88. The molecule has 0 spiro atoms. The maximum absolute atomic E-state index is 5.24. The van der Waals surface area contributed by atoms with Crippen molar-refractivity contribution in [2.45, 2.75) is 20.8 Å². The van der Waals surface area contributed by atoms with E-state index in [4.69, 9.17) is 4.74 Å². The van der Waals surface area contributed by atoms with Crippen molar-refractivity contribution in [3.63, 3.8) is 0 Å². The van der Waals surface area contributed by atoms with Crippen LogP contribution in [0.15, 0.2) is 24.4 Å². The zero-order chi connectivity index (χ0) is 11.7. The zero-order valence-electron chi connectivity index (χ0n) is 10.1. The molecule has 1 aromatic carbocycles. The van der Waals surface area contributed by atoms with Gasteiger partial charge < -0.3 is 4.74 Å². The van der Waals surface area contributed by atoms with Gasteiger partial charge >= 0.3 is 0 Å². The number of ether oxygens (including phenoxy) is 1. The minimum atomic E-state index is 0.908. The van der Waals surface area contributed by atoms with E-state index in [0.717, 1.165) is 17.0 Å². The molecular weight excluding hydrogens is 200 g/mol. The Morgan fingerprint density at radius 1 is 1.12 bits per heavy atom. The fraction of sp³-hybridized carbons (Fsp3) is 0.308. The predicted octanol–water partition coefficient (Wildman–Crippen LogP) is 2.81. The molecule has 0 bridgehead atoms. The molecule has 0 aliphatic carbocycles. The number of rotatable bonds is 2. The molecule has 0 saturated carbocycles. The lowest BCUT2D eigenvalue weighted by atomic mass is 10.2. The van der Waals surface area contributed by atoms with Crippen molar-refractivity contribution in [2.24, 2.45) is 0 Å². The summed E-state index contributed by atoms with van der Waals surface area (Å²) in [6.07, 6.45) is 1.88. The maximum atomic E-state index is 5.24. The van der Waals surface area contributed by atoms with Gasteiger partial charge in [-0.25, -0.2) is 4.68 Å². The molecule has 1 aromatic heterocycles. The summed E-state index contributed by atoms with van der Waals surface area (Å²) < 4.78 is 7.19. The minimum absolute atomic E-state index is 0.908. The van der Waals surface area contributed by atoms with Crippen LogP contribution in [0.1, 0.15) is 16.8 Å². The molecule has 2 rings (SSSR count). The van der Waals surface area contributed by atoms with Crippen molar-refractivity contribution >= 4 is 0 Å². The second-order valence-electron chi connectivity index (χ2n) is 3.98. The van der Waals surface area contributed by atoms with Crippen LogP contribution >= 0.6 is 0 Å². The second kappa shape index (κ2) is 4.00. The van der Waals surface area contributed by atoms with Crippen LogP contribution in [-0.4, -0.2) is 16.9 Å². The minimum Gasteiger partial charge on any atom is -0.496 e. The highest BCUT2D eigenvalue weighted by molar-refractivity contribution is 5.44. The Morgan fingerprint density at radius 2 is 1.88 bits per heavy atom. The Bertz CT molecular complexity index is 515. The molecule has 0 radical (unpaired) electrons. The van der Waals surface area contributed by atoms with Gasteiger partial charge in [0.1, 0.15) is 5.75 Å². The lowest BCUT2D eigenvalue weighted by Crippen LogP contribution is -2.00. The predicted molar refractivity (Wildman–Crippen MR) is 64.3 cm³/mol. The zero-order valence-corrected chi connectivity index (χ0v) is 10.1. The number of methoxy groups -OCH3 is 1. The highest BCUT2D eigenvalue weighted by Crippen LogP contribution is 2.21. The van der Waals surface area contributed by atoms with Gasteiger partial charge in [0, 0.05) is 5.69 Å². The van der Waals surface area contributed by atoms with Crippen LogP contribution in [0.25, 0.3) is 5.69 Å². The standard InChI is InChI=1S/C13H16N2O/c1-9-7-12(5-6-13(9)16-4)15-11(3)10(2)8-14-15/h5-8H,1-4H3. The number of hydrogen-bond acceptors (Lipinski definition) is 2. The average Bonchev–Trinajstić information content (AvgIpc) is 2.60. The summed E-state index contributed by atoms with van der Waals surface area (Å²) in [5.41, 5.74) is 4.56. The number of benzene rings is 1. The van der Waals surface area contributed by atoms with Crippen LogP contribution in [0.5, 0.6) is 5.75 Å². The van der Waals surface area contributed by atoms with Crippen molar-refractivity contribution in [1.82, 2.24) is 9.78 Å². The van der Waals surface area contributed by atoms with Crippen LogP contribution in [0.3, 0.4) is 0 Å². The molecular formula is C13H16N2O. The largest absolute Gasteiger partial charge is 0.496 e. The van der Waals surface area contributed by atoms with Crippen molar-refractivity contribution in [3.05, 3.63) is 41.2 Å². The lowest BCUT2D eigenvalue weighted by Gasteiger charge is -2.09. The third kappa shape index (κ3) is 1.69. The second-order valence-corrected chi connectivity index (χ2v) is 3.98. The molecule has 3 nitrogen and oxygen atoms in total. The Balaban J connectivity index is 2.49. The van der Waals surface area contributed by atoms with E-state index >= 15 is 0 Å². The van der Waals surface area contributed by atoms with Gasteiger partial charge in [-0.05, 0) is 50.1 Å². The van der Waals surface area contributed by atoms with Crippen molar-refractivity contribution in [2.75, 3.05) is 7.11 Å². The van der Waals surface area contributed by atoms with Crippen molar-refractivity contribution < 1.29 is 4.74 Å². The fourth-order valence-corrected chi connectivity index (χ4v) is 1.75. The van der Waals surface area contributed by atoms with E-state index < -0.39 is 0 Å². The molecule has 84 valence electrons. The smallest absolute Gasteiger partial charge is 0.121 e. The molecule has 0 saturated heterocycles. The molecule has 0 aliphatic rings. The van der Waals surface area contributed by atoms with Crippen LogP contribution in [0.4, 0.5) is 0 Å². The first kappa shape index (κ1) is 10.7. The van der Waals surface area contributed by atoms with Gasteiger partial charge in [0.15, 0.2) is 0 Å². The van der Waals surface area contributed by atoms with Crippen LogP contribution in [0.2, 0.25) is 0 Å². The number of aromatic nitrogens is 2. The van der Waals surface area contributed by atoms with E-state index in [1.54, 1.807) is 7.11 Å². The summed E-state index contributed by atoms with van der Waals surface area (Å²) in [4.78, 5) is 0. The van der Waals surface area contributed by atoms with Crippen molar-refractivity contribution in [3.8, 4) is 11.4 Å². The number of hydrogen-bond donors (Lipinski definition) is 0. The Hall–Kier alpha value is -1.77. The summed E-state index contributed by atoms with van der Waals surface area (Å²) in [7, 11) is 1.69. The molecule has 1 heterocycles. The molecule has 0 unspecified atom stereocenters. The topological polar surface area (TPSA) is 27.1 Å². The fourth-order valence-electron chi connectivity index (χ4n) is 1.75. The summed E-state index contributed by atoms with van der Waals surface area (Å²) in [6.45, 7) is 6.17. The summed E-state index contributed by atoms with van der Waals surface area (Å²) in [5, 5.41) is 4.36. The Morgan fingerprint density at radius 3 is 2.38 bits per heavy atom. The SMILES string of the molecule is COc1ccc(-n2ncc(C)c2C)cc1C. The molecule has 0 atom stereocenters. The maximum Gasteiger partial charge on any atom is 0.121 e. The van der Waals surface area contributed by atoms with E-state index in [9.17, 15) is 0 Å². The van der Waals surface area contributed by atoms with Crippen LogP contribution < -0.4 is 4.74 Å². The molecule has 2 aromatic rings. The first-order chi connectivity index (χ1) is 7.63. The number of nitrogens with zero attached hydrogens (tertiary/aromatic N) is 2. The third-order valence-electron chi connectivity index (χ3n) is 2.88. The van der Waals surface area contributed by atoms with Gasteiger partial charge in [0.05, 0.1) is 19.0 Å². The first-order valence-electron chi connectivity index (χ1n) is 5.29. The highest BCUT2D eigenvalue weighted by Gasteiger charge is 2.06. The summed E-state index contributed by atoms with van der Waals surface area (Å²) in [5.74, 6) is 0.908. The van der Waals surface area contributed by atoms with Gasteiger partial charge in [-0.1, -0.05) is 0 Å². The van der Waals surface area contributed by atoms with Gasteiger partial charge in [0.2, 0.25) is 0 Å². The first-order valence-corrected chi connectivity index (χ1v) is 5.29. The monoisotopic (exact) mass is 216 g/mol. The van der Waals surface area contributed by atoms with Gasteiger partial charge in [-0.2, -0.15) is 5.10 Å². The quantitative estimate of drug-likeness (QED) is 0.771. The molecule has 0 fully saturated rings. The van der Waals surface area contributed by atoms with Gasteiger partial charge in [-0.15, -0.1) is 0 Å². The summed E-state index contributed by atoms with van der Waals surface area (Å²) >= 11 is 0. The molecule has 0 amide bonds. The normalized spacial score (nSPS) is 10.5.